The van der Waals surface area contributed by atoms with Crippen LogP contribution in [0, 0.1) is 20.2 Å². The monoisotopic (exact) mass is 436 g/mol. The summed E-state index contributed by atoms with van der Waals surface area (Å²) in [4.78, 5) is 53.4. The average molecular weight is 436 g/mol. The van der Waals surface area contributed by atoms with Crippen molar-refractivity contribution in [2.75, 3.05) is 6.67 Å². The van der Waals surface area contributed by atoms with Gasteiger partial charge in [0.15, 0.2) is 0 Å². The van der Waals surface area contributed by atoms with Crippen LogP contribution in [-0.2, 0) is 22.9 Å². The lowest BCUT2D eigenvalue weighted by molar-refractivity contribution is -0.386. The molecule has 0 unspecified atom stereocenters. The first-order chi connectivity index (χ1) is 14.8. The number of amides is 1. The van der Waals surface area contributed by atoms with E-state index in [0.29, 0.717) is 0 Å². The molecule has 0 radical (unpaired) electrons. The Morgan fingerprint density at radius 1 is 1.00 bits per heavy atom. The highest BCUT2D eigenvalue weighted by molar-refractivity contribution is 6.07. The number of nitrogens with zero attached hydrogens (tertiary/aromatic N) is 2. The third-order valence-corrected chi connectivity index (χ3v) is 4.00. The van der Waals surface area contributed by atoms with E-state index in [1.165, 1.54) is 18.2 Å². The molecule has 0 bridgehead atoms. The predicted molar refractivity (Wildman–Crippen MR) is 101 cm³/mol. The molecule has 0 heterocycles. The number of carbonyl (C=O) groups is 2. The molecule has 1 amide bonds. The van der Waals surface area contributed by atoms with Crippen LogP contribution in [0.5, 0.6) is 0 Å². The number of hydroxylamine groups is 1. The van der Waals surface area contributed by atoms with E-state index in [4.69, 9.17) is 10.1 Å². The maximum atomic E-state index is 12.3. The lowest BCUT2D eigenvalue weighted by atomic mass is 10.0. The van der Waals surface area contributed by atoms with Gasteiger partial charge in [0.1, 0.15) is 18.8 Å². The lowest BCUT2D eigenvalue weighted by Crippen LogP contribution is -2.35. The second-order valence-electron chi connectivity index (χ2n) is 5.82. The van der Waals surface area contributed by atoms with Gasteiger partial charge in [-0.1, -0.05) is 18.2 Å². The summed E-state index contributed by atoms with van der Waals surface area (Å²) < 4.78 is 0. The summed E-state index contributed by atoms with van der Waals surface area (Å²) in [5.41, 5.74) is 0.517. The molecule has 0 aliphatic heterocycles. The molecule has 0 aliphatic carbocycles. The van der Waals surface area contributed by atoms with Crippen molar-refractivity contribution in [3.63, 3.8) is 0 Å². The SMILES string of the molecule is O=C(O)c1cccc([N+](=O)[O-])c1C(=O)NCNOCc1c(COO)cccc1[N+](=O)[O-]. The van der Waals surface area contributed by atoms with Gasteiger partial charge in [-0.15, -0.1) is 0 Å². The third kappa shape index (κ3) is 5.77. The predicted octanol–water partition coefficient (Wildman–Crippen LogP) is 1.60. The molecule has 2 aromatic rings. The van der Waals surface area contributed by atoms with Gasteiger partial charge >= 0.3 is 5.97 Å². The summed E-state index contributed by atoms with van der Waals surface area (Å²) in [6, 6.07) is 7.28. The average Bonchev–Trinajstić information content (AvgIpc) is 2.73. The topological polar surface area (TPSA) is 203 Å². The van der Waals surface area contributed by atoms with E-state index >= 15 is 0 Å². The van der Waals surface area contributed by atoms with E-state index in [0.717, 1.165) is 18.2 Å². The molecule has 2 rings (SSSR count). The quantitative estimate of drug-likeness (QED) is 0.131. The number of benzene rings is 2. The van der Waals surface area contributed by atoms with Crippen molar-refractivity contribution in [2.24, 2.45) is 0 Å². The molecule has 0 fully saturated rings. The minimum Gasteiger partial charge on any atom is -0.478 e. The molecule has 2 aromatic carbocycles. The molecule has 0 atom stereocenters. The molecule has 4 N–H and O–H groups in total. The van der Waals surface area contributed by atoms with E-state index in [-0.39, 0.29) is 30.0 Å². The number of carbonyl (C=O) groups excluding carboxylic acids is 1. The number of rotatable bonds is 11. The van der Waals surface area contributed by atoms with Crippen LogP contribution in [-0.4, -0.2) is 38.8 Å². The van der Waals surface area contributed by atoms with Crippen LogP contribution in [0.15, 0.2) is 36.4 Å². The number of nitro benzene ring substituents is 2. The van der Waals surface area contributed by atoms with E-state index < -0.39 is 45.2 Å². The first-order valence-electron chi connectivity index (χ1n) is 8.43. The molecule has 0 saturated carbocycles. The summed E-state index contributed by atoms with van der Waals surface area (Å²) in [5, 5.41) is 42.3. The number of aromatic carboxylic acids is 1. The third-order valence-electron chi connectivity index (χ3n) is 4.00. The van der Waals surface area contributed by atoms with E-state index in [1.807, 2.05) is 0 Å². The molecule has 0 spiro atoms. The van der Waals surface area contributed by atoms with Crippen LogP contribution in [0.2, 0.25) is 0 Å². The fourth-order valence-corrected chi connectivity index (χ4v) is 2.65. The minimum atomic E-state index is -1.52. The fourth-order valence-electron chi connectivity index (χ4n) is 2.65. The molecular weight excluding hydrogens is 420 g/mol. The van der Waals surface area contributed by atoms with Crippen molar-refractivity contribution in [2.45, 2.75) is 13.2 Å². The number of hydrogen-bond acceptors (Lipinski definition) is 10. The molecular formula is C17H16N4O10. The molecule has 0 saturated heterocycles. The van der Waals surface area contributed by atoms with Gasteiger partial charge in [-0.05, 0) is 11.6 Å². The highest BCUT2D eigenvalue weighted by atomic mass is 17.1. The van der Waals surface area contributed by atoms with Crippen molar-refractivity contribution in [1.29, 1.82) is 0 Å². The maximum absolute atomic E-state index is 12.3. The second kappa shape index (κ2) is 10.7. The Bertz CT molecular complexity index is 978. The Labute approximate surface area is 173 Å². The van der Waals surface area contributed by atoms with Crippen molar-refractivity contribution < 1.29 is 39.5 Å². The van der Waals surface area contributed by atoms with E-state index in [1.54, 1.807) is 0 Å². The number of nitro groups is 2. The van der Waals surface area contributed by atoms with Crippen molar-refractivity contribution in [3.8, 4) is 0 Å². The number of carboxylic acid groups (broad SMARTS) is 1. The molecule has 31 heavy (non-hydrogen) atoms. The van der Waals surface area contributed by atoms with Gasteiger partial charge in [-0.3, -0.25) is 35.1 Å². The van der Waals surface area contributed by atoms with E-state index in [9.17, 15) is 34.9 Å². The maximum Gasteiger partial charge on any atom is 0.336 e. The summed E-state index contributed by atoms with van der Waals surface area (Å²) >= 11 is 0. The molecule has 14 heteroatoms. The van der Waals surface area contributed by atoms with Crippen LogP contribution >= 0.6 is 0 Å². The van der Waals surface area contributed by atoms with Gasteiger partial charge in [0.2, 0.25) is 0 Å². The lowest BCUT2D eigenvalue weighted by Gasteiger charge is -2.11. The Balaban J connectivity index is 2.04. The van der Waals surface area contributed by atoms with Crippen molar-refractivity contribution in [3.05, 3.63) is 78.9 Å². The number of carboxylic acids is 1. The zero-order chi connectivity index (χ0) is 23.0. The van der Waals surface area contributed by atoms with Gasteiger partial charge in [0, 0.05) is 12.1 Å². The van der Waals surface area contributed by atoms with Crippen LogP contribution in [0.4, 0.5) is 11.4 Å². The van der Waals surface area contributed by atoms with Crippen LogP contribution in [0.1, 0.15) is 31.8 Å². The largest absolute Gasteiger partial charge is 0.478 e. The first-order valence-corrected chi connectivity index (χ1v) is 8.43. The summed E-state index contributed by atoms with van der Waals surface area (Å²) in [5.74, 6) is -2.56. The molecule has 164 valence electrons. The molecule has 14 nitrogen and oxygen atoms in total. The highest BCUT2D eigenvalue weighted by Gasteiger charge is 2.27. The van der Waals surface area contributed by atoms with Crippen LogP contribution in [0.25, 0.3) is 0 Å². The van der Waals surface area contributed by atoms with Crippen LogP contribution < -0.4 is 10.8 Å². The second-order valence-corrected chi connectivity index (χ2v) is 5.82. The normalized spacial score (nSPS) is 10.5. The van der Waals surface area contributed by atoms with Gasteiger partial charge < -0.3 is 10.4 Å². The highest BCUT2D eigenvalue weighted by Crippen LogP contribution is 2.24. The summed E-state index contributed by atoms with van der Waals surface area (Å²) in [6.45, 7) is -1.08. The smallest absolute Gasteiger partial charge is 0.336 e. The Kier molecular flexibility index (Phi) is 8.04. The Hall–Kier alpha value is -3.98. The van der Waals surface area contributed by atoms with Gasteiger partial charge in [-0.2, -0.15) is 5.48 Å². The minimum absolute atomic E-state index is 0.104. The van der Waals surface area contributed by atoms with Gasteiger partial charge in [-0.25, -0.2) is 9.68 Å². The summed E-state index contributed by atoms with van der Waals surface area (Å²) in [7, 11) is 0. The standard InChI is InChI=1S/C17H16N4O10/c22-16(15-11(17(23)24)4-2-6-14(15)21(27)28)18-9-19-30-8-12-10(7-31-29)3-1-5-13(12)20(25)26/h1-6,19,29H,7-9H2,(H,18,22)(H,23,24). The summed E-state index contributed by atoms with van der Waals surface area (Å²) in [6.07, 6.45) is 0. The number of nitrogens with one attached hydrogen (secondary N) is 2. The zero-order valence-electron chi connectivity index (χ0n) is 15.6. The van der Waals surface area contributed by atoms with Crippen molar-refractivity contribution >= 4 is 23.3 Å². The molecule has 0 aliphatic rings. The molecule has 0 aromatic heterocycles. The number of hydrogen-bond donors (Lipinski definition) is 4. The van der Waals surface area contributed by atoms with Gasteiger partial charge in [0.25, 0.3) is 17.3 Å². The van der Waals surface area contributed by atoms with Gasteiger partial charge in [0.05, 0.1) is 27.6 Å². The fraction of sp³-hybridized carbons (Fsp3) is 0.176. The van der Waals surface area contributed by atoms with Crippen LogP contribution in [0.3, 0.4) is 0 Å². The van der Waals surface area contributed by atoms with Crippen molar-refractivity contribution in [1.82, 2.24) is 10.8 Å². The van der Waals surface area contributed by atoms with E-state index in [2.05, 4.69) is 15.7 Å². The Morgan fingerprint density at radius 3 is 2.26 bits per heavy atom. The Morgan fingerprint density at radius 2 is 1.65 bits per heavy atom. The first kappa shape index (κ1) is 23.3. The zero-order valence-corrected chi connectivity index (χ0v) is 15.6.